The number of fused-ring (bicyclic) bond motifs is 5. The first kappa shape index (κ1) is 8.65. The van der Waals surface area contributed by atoms with E-state index < -0.39 is 0 Å². The third kappa shape index (κ3) is 1.00. The fourth-order valence-electron chi connectivity index (χ4n) is 2.73. The van der Waals surface area contributed by atoms with Crippen molar-refractivity contribution in [1.29, 1.82) is 0 Å². The van der Waals surface area contributed by atoms with E-state index >= 15 is 0 Å². The number of rotatable bonds is 0. The first-order chi connectivity index (χ1) is 7.18. The molecule has 0 aromatic carbocycles. The van der Waals surface area contributed by atoms with Gasteiger partial charge in [-0.15, -0.1) is 0 Å². The number of allylic oxidation sites excluding steroid dienone is 4. The summed E-state index contributed by atoms with van der Waals surface area (Å²) in [5, 5.41) is 14.9. The molecule has 0 spiro atoms. The summed E-state index contributed by atoms with van der Waals surface area (Å²) in [4.78, 5) is 0.649. The lowest BCUT2D eigenvalue weighted by Gasteiger charge is -2.06. The molecule has 0 saturated carbocycles. The molecule has 0 radical (unpaired) electrons. The topological polar surface area (TPSA) is 39.8 Å². The van der Waals surface area contributed by atoms with Gasteiger partial charge in [-0.2, -0.15) is 0 Å². The molecule has 2 aliphatic rings. The molecule has 0 fully saturated rings. The van der Waals surface area contributed by atoms with E-state index in [1.54, 1.807) is 12.4 Å². The van der Waals surface area contributed by atoms with Gasteiger partial charge in [0.2, 0.25) is 6.20 Å². The third-order valence-electron chi connectivity index (χ3n) is 3.31. The molecule has 1 aromatic heterocycles. The maximum Gasteiger partial charge on any atom is 0.214 e. The second-order valence-electron chi connectivity index (χ2n) is 4.38. The monoisotopic (exact) mass is 200 g/mol. The molecule has 0 amide bonds. The molecule has 0 N–H and O–H groups in total. The molecule has 1 aromatic rings. The summed E-state index contributed by atoms with van der Waals surface area (Å²) in [6, 6.07) is 0. The first-order valence-corrected chi connectivity index (χ1v) is 5.13. The highest BCUT2D eigenvalue weighted by molar-refractivity contribution is 5.58. The Kier molecular flexibility index (Phi) is 1.55. The van der Waals surface area contributed by atoms with Gasteiger partial charge in [0.1, 0.15) is 6.20 Å². The molecular formula is C12H12N2O. The van der Waals surface area contributed by atoms with Crippen LogP contribution in [0.25, 0.3) is 0 Å². The Bertz CT molecular complexity index is 498. The molecule has 3 rings (SSSR count). The standard InChI is InChI=1S/C12H12N2O/c1-7(2)12-8-3-4-9(12)11-6-14(15)13-5-10(8)11/h3-6,8-9H,1-2H3/t8-,9+/m1/s1. The Hall–Kier alpha value is -1.64. The highest BCUT2D eigenvalue weighted by Gasteiger charge is 2.39. The summed E-state index contributed by atoms with van der Waals surface area (Å²) in [5.41, 5.74) is 5.11. The van der Waals surface area contributed by atoms with E-state index in [1.165, 1.54) is 16.7 Å². The van der Waals surface area contributed by atoms with E-state index in [2.05, 4.69) is 31.1 Å². The van der Waals surface area contributed by atoms with E-state index in [4.69, 9.17) is 0 Å². The number of nitrogens with zero attached hydrogens (tertiary/aromatic N) is 2. The lowest BCUT2D eigenvalue weighted by atomic mass is 9.97. The molecule has 0 aliphatic heterocycles. The van der Waals surface area contributed by atoms with Gasteiger partial charge >= 0.3 is 0 Å². The Morgan fingerprint density at radius 2 is 1.93 bits per heavy atom. The molecule has 0 unspecified atom stereocenters. The van der Waals surface area contributed by atoms with Crippen LogP contribution in [0.3, 0.4) is 0 Å². The van der Waals surface area contributed by atoms with Crippen LogP contribution in [0.15, 0.2) is 35.7 Å². The van der Waals surface area contributed by atoms with Gasteiger partial charge in [-0.3, -0.25) is 0 Å². The van der Waals surface area contributed by atoms with Crippen LogP contribution in [-0.2, 0) is 0 Å². The highest BCUT2D eigenvalue weighted by Crippen LogP contribution is 2.52. The third-order valence-corrected chi connectivity index (χ3v) is 3.31. The van der Waals surface area contributed by atoms with E-state index in [-0.39, 0.29) is 0 Å². The van der Waals surface area contributed by atoms with E-state index in [9.17, 15) is 5.21 Å². The molecule has 0 saturated heterocycles. The van der Waals surface area contributed by atoms with Crippen molar-refractivity contribution in [1.82, 2.24) is 5.10 Å². The molecule has 3 heteroatoms. The van der Waals surface area contributed by atoms with E-state index in [0.717, 1.165) is 5.56 Å². The first-order valence-electron chi connectivity index (χ1n) is 5.13. The second-order valence-corrected chi connectivity index (χ2v) is 4.38. The minimum absolute atomic E-state index is 0.318. The van der Waals surface area contributed by atoms with Crippen LogP contribution in [-0.4, -0.2) is 5.10 Å². The summed E-state index contributed by atoms with van der Waals surface area (Å²) >= 11 is 0. The zero-order chi connectivity index (χ0) is 10.6. The molecule has 2 aliphatic carbocycles. The maximum absolute atomic E-state index is 11.1. The van der Waals surface area contributed by atoms with Crippen molar-refractivity contribution in [3.63, 3.8) is 0 Å². The summed E-state index contributed by atoms with van der Waals surface area (Å²) in [7, 11) is 0. The predicted octanol–water partition coefficient (Wildman–Crippen LogP) is 1.80. The molecular weight excluding hydrogens is 188 g/mol. The molecule has 2 atom stereocenters. The van der Waals surface area contributed by atoms with Crippen LogP contribution >= 0.6 is 0 Å². The van der Waals surface area contributed by atoms with Gasteiger partial charge in [-0.1, -0.05) is 22.6 Å². The van der Waals surface area contributed by atoms with Crippen molar-refractivity contribution in [2.75, 3.05) is 0 Å². The van der Waals surface area contributed by atoms with Crippen LogP contribution in [0.4, 0.5) is 0 Å². The van der Waals surface area contributed by atoms with Crippen molar-refractivity contribution in [3.05, 3.63) is 52.0 Å². The van der Waals surface area contributed by atoms with Gasteiger partial charge in [0.05, 0.1) is 0 Å². The van der Waals surface area contributed by atoms with Gasteiger partial charge < -0.3 is 5.21 Å². The normalized spacial score (nSPS) is 25.9. The average molecular weight is 200 g/mol. The van der Waals surface area contributed by atoms with Crippen LogP contribution in [0, 0.1) is 5.21 Å². The van der Waals surface area contributed by atoms with Crippen molar-refractivity contribution in [2.45, 2.75) is 25.7 Å². The summed E-state index contributed by atoms with van der Waals surface area (Å²) < 4.78 is 0. The molecule has 76 valence electrons. The lowest BCUT2D eigenvalue weighted by molar-refractivity contribution is -0.669. The van der Waals surface area contributed by atoms with Crippen molar-refractivity contribution >= 4 is 0 Å². The highest BCUT2D eigenvalue weighted by atomic mass is 16.5. The minimum atomic E-state index is 0.318. The summed E-state index contributed by atoms with van der Waals surface area (Å²) in [5.74, 6) is 0.682. The predicted molar refractivity (Wildman–Crippen MR) is 56.2 cm³/mol. The number of hydrogen-bond donors (Lipinski definition) is 0. The Morgan fingerprint density at radius 3 is 2.60 bits per heavy atom. The minimum Gasteiger partial charge on any atom is -0.594 e. The Labute approximate surface area is 88.3 Å². The quantitative estimate of drug-likeness (QED) is 0.364. The molecule has 1 heterocycles. The average Bonchev–Trinajstić information content (AvgIpc) is 2.72. The van der Waals surface area contributed by atoms with Crippen LogP contribution < -0.4 is 4.85 Å². The van der Waals surface area contributed by atoms with Crippen molar-refractivity contribution < 1.29 is 4.85 Å². The SMILES string of the molecule is CC(C)=C1[C@H]2C=C[C@@H]1c1cn[n+]([O-])cc12. The Balaban J connectivity index is 2.24. The van der Waals surface area contributed by atoms with Crippen LogP contribution in [0.2, 0.25) is 0 Å². The largest absolute Gasteiger partial charge is 0.594 e. The molecule has 3 nitrogen and oxygen atoms in total. The molecule has 15 heavy (non-hydrogen) atoms. The van der Waals surface area contributed by atoms with Crippen LogP contribution in [0.1, 0.15) is 36.8 Å². The van der Waals surface area contributed by atoms with Gasteiger partial charge in [-0.05, 0) is 25.0 Å². The molecule has 2 bridgehead atoms. The Morgan fingerprint density at radius 1 is 1.27 bits per heavy atom. The zero-order valence-corrected chi connectivity index (χ0v) is 8.77. The van der Waals surface area contributed by atoms with Crippen molar-refractivity contribution in [3.8, 4) is 0 Å². The van der Waals surface area contributed by atoms with Gasteiger partial charge in [0, 0.05) is 22.5 Å². The fourth-order valence-corrected chi connectivity index (χ4v) is 2.73. The zero-order valence-electron chi connectivity index (χ0n) is 8.77. The maximum atomic E-state index is 11.1. The fraction of sp³-hybridized carbons (Fsp3) is 0.333. The van der Waals surface area contributed by atoms with E-state index in [1.807, 2.05) is 0 Å². The summed E-state index contributed by atoms with van der Waals surface area (Å²) in [6.07, 6.45) is 7.72. The van der Waals surface area contributed by atoms with Crippen LogP contribution in [0.5, 0.6) is 0 Å². The number of hydrogen-bond acceptors (Lipinski definition) is 2. The summed E-state index contributed by atoms with van der Waals surface area (Å²) in [6.45, 7) is 4.26. The smallest absolute Gasteiger partial charge is 0.214 e. The lowest BCUT2D eigenvalue weighted by Crippen LogP contribution is -2.31. The van der Waals surface area contributed by atoms with Gasteiger partial charge in [0.15, 0.2) is 0 Å². The van der Waals surface area contributed by atoms with Gasteiger partial charge in [0.25, 0.3) is 0 Å². The van der Waals surface area contributed by atoms with Gasteiger partial charge in [-0.25, -0.2) is 0 Å². The number of aromatic nitrogens is 2. The van der Waals surface area contributed by atoms with E-state index in [0.29, 0.717) is 16.7 Å². The van der Waals surface area contributed by atoms with Crippen molar-refractivity contribution in [2.24, 2.45) is 0 Å². The second kappa shape index (κ2) is 2.69.